The summed E-state index contributed by atoms with van der Waals surface area (Å²) in [5, 5.41) is 0. The van der Waals surface area contributed by atoms with Gasteiger partial charge >= 0.3 is 0 Å². The largest absolute Gasteiger partial charge is 0.478 e. The van der Waals surface area contributed by atoms with E-state index >= 15 is 0 Å². The van der Waals surface area contributed by atoms with Crippen molar-refractivity contribution in [1.82, 2.24) is 0 Å². The third-order valence-corrected chi connectivity index (χ3v) is 1.42. The van der Waals surface area contributed by atoms with Gasteiger partial charge in [0.25, 0.3) is 0 Å². The summed E-state index contributed by atoms with van der Waals surface area (Å²) >= 11 is 0. The monoisotopic (exact) mass is 118 g/mol. The lowest BCUT2D eigenvalue weighted by Gasteiger charge is -1.92. The van der Waals surface area contributed by atoms with E-state index in [0.717, 1.165) is 12.2 Å². The number of benzene rings is 1. The molecule has 0 bridgehead atoms. The summed E-state index contributed by atoms with van der Waals surface area (Å²) in [4.78, 5) is 0. The molecule has 0 unspecified atom stereocenters. The highest BCUT2D eigenvalue weighted by atomic mass is 16.5. The van der Waals surface area contributed by atoms with Gasteiger partial charge in [0.05, 0.1) is 0 Å². The lowest BCUT2D eigenvalue weighted by atomic mass is 10.2. The Kier molecular flexibility index (Phi) is 0.950. The van der Waals surface area contributed by atoms with Gasteiger partial charge in [-0.3, -0.25) is 0 Å². The van der Waals surface area contributed by atoms with Gasteiger partial charge in [0, 0.05) is 6.42 Å². The van der Waals surface area contributed by atoms with Gasteiger partial charge in [-0.05, 0) is 11.6 Å². The molecular formula is C8H6O. The molecule has 0 aliphatic carbocycles. The molecule has 9 heavy (non-hydrogen) atoms. The van der Waals surface area contributed by atoms with Crippen LogP contribution in [0.5, 0.6) is 5.75 Å². The molecule has 1 nitrogen and oxygen atoms in total. The highest BCUT2D eigenvalue weighted by Gasteiger charge is 2.10. The Morgan fingerprint density at radius 1 is 1.33 bits per heavy atom. The van der Waals surface area contributed by atoms with Gasteiger partial charge in [-0.25, -0.2) is 0 Å². The number of para-hydroxylation sites is 1. The fraction of sp³-hybridized carbons (Fsp3) is 0.125. The summed E-state index contributed by atoms with van der Waals surface area (Å²) in [6.07, 6.45) is 0.830. The second-order valence-electron chi connectivity index (χ2n) is 2.03. The third-order valence-electron chi connectivity index (χ3n) is 1.42. The second-order valence-corrected chi connectivity index (χ2v) is 2.03. The van der Waals surface area contributed by atoms with Crippen molar-refractivity contribution in [2.24, 2.45) is 0 Å². The fourth-order valence-corrected chi connectivity index (χ4v) is 0.941. The normalized spacial score (nSPS) is 14.7. The van der Waals surface area contributed by atoms with E-state index in [4.69, 9.17) is 4.74 Å². The van der Waals surface area contributed by atoms with Crippen LogP contribution < -0.4 is 4.74 Å². The van der Waals surface area contributed by atoms with Gasteiger partial charge in [-0.15, -0.1) is 0 Å². The minimum atomic E-state index is 0.830. The average Bonchev–Trinajstić information content (AvgIpc) is 2.33. The predicted molar refractivity (Wildman–Crippen MR) is 34.0 cm³/mol. The highest BCUT2D eigenvalue weighted by Crippen LogP contribution is 2.25. The van der Waals surface area contributed by atoms with E-state index in [9.17, 15) is 0 Å². The van der Waals surface area contributed by atoms with Crippen molar-refractivity contribution in [2.45, 2.75) is 6.42 Å². The van der Waals surface area contributed by atoms with Crippen LogP contribution in [0.3, 0.4) is 0 Å². The molecule has 0 amide bonds. The van der Waals surface area contributed by atoms with Crippen LogP contribution in [-0.2, 0) is 6.42 Å². The zero-order valence-electron chi connectivity index (χ0n) is 4.92. The van der Waals surface area contributed by atoms with E-state index < -0.39 is 0 Å². The Morgan fingerprint density at radius 2 is 2.22 bits per heavy atom. The molecule has 0 N–H and O–H groups in total. The number of rotatable bonds is 0. The van der Waals surface area contributed by atoms with E-state index in [1.165, 1.54) is 5.56 Å². The number of hydrogen-bond donors (Lipinski definition) is 0. The summed E-state index contributed by atoms with van der Waals surface area (Å²) in [5.74, 6) is 0.956. The summed E-state index contributed by atoms with van der Waals surface area (Å²) in [6.45, 7) is 2.79. The molecule has 0 saturated heterocycles. The van der Waals surface area contributed by atoms with E-state index in [1.807, 2.05) is 18.2 Å². The van der Waals surface area contributed by atoms with Gasteiger partial charge in [0.15, 0.2) is 0 Å². The maximum Gasteiger partial charge on any atom is 0.201 e. The van der Waals surface area contributed by atoms with Crippen LogP contribution in [-0.4, -0.2) is 0 Å². The molecule has 1 aromatic carbocycles. The first-order chi connectivity index (χ1) is 4.47. The summed E-state index contributed by atoms with van der Waals surface area (Å²) in [6, 6.07) is 7.98. The Hall–Kier alpha value is -0.980. The molecule has 0 aromatic heterocycles. The minimum Gasteiger partial charge on any atom is -0.478 e. The zero-order valence-corrected chi connectivity index (χ0v) is 4.92. The zero-order chi connectivity index (χ0) is 6.10. The van der Waals surface area contributed by atoms with Gasteiger partial charge in [0.2, 0.25) is 6.61 Å². The van der Waals surface area contributed by atoms with Gasteiger partial charge in [-0.1, -0.05) is 18.2 Å². The van der Waals surface area contributed by atoms with Gasteiger partial charge in [-0.2, -0.15) is 0 Å². The number of hydrogen-bond acceptors (Lipinski definition) is 1. The van der Waals surface area contributed by atoms with Gasteiger partial charge < -0.3 is 4.74 Å². The number of fused-ring (bicyclic) bond motifs is 1. The molecule has 0 atom stereocenters. The van der Waals surface area contributed by atoms with Crippen LogP contribution in [0.25, 0.3) is 0 Å². The predicted octanol–water partition coefficient (Wildman–Crippen LogP) is 1.66. The van der Waals surface area contributed by atoms with Crippen molar-refractivity contribution < 1.29 is 4.74 Å². The summed E-state index contributed by atoms with van der Waals surface area (Å²) < 4.78 is 5.05. The summed E-state index contributed by atoms with van der Waals surface area (Å²) in [7, 11) is 0. The van der Waals surface area contributed by atoms with Crippen molar-refractivity contribution in [2.75, 3.05) is 0 Å². The molecule has 0 fully saturated rings. The van der Waals surface area contributed by atoms with Crippen LogP contribution in [0.1, 0.15) is 5.56 Å². The Bertz CT molecular complexity index is 195. The fourth-order valence-electron chi connectivity index (χ4n) is 0.941. The topological polar surface area (TPSA) is 9.23 Å². The molecule has 1 aliphatic heterocycles. The lowest BCUT2D eigenvalue weighted by Crippen LogP contribution is -1.76. The SMILES string of the molecule is [C]1Cc2ccccc2O1. The highest BCUT2D eigenvalue weighted by molar-refractivity contribution is 5.37. The molecular weight excluding hydrogens is 112 g/mol. The van der Waals surface area contributed by atoms with Crippen LogP contribution in [0, 0.1) is 6.61 Å². The second kappa shape index (κ2) is 1.76. The first-order valence-electron chi connectivity index (χ1n) is 2.94. The molecule has 1 heterocycles. The smallest absolute Gasteiger partial charge is 0.201 e. The molecule has 1 aromatic rings. The van der Waals surface area contributed by atoms with Crippen molar-refractivity contribution in [1.29, 1.82) is 0 Å². The van der Waals surface area contributed by atoms with E-state index in [1.54, 1.807) is 0 Å². The number of ether oxygens (including phenoxy) is 1. The Balaban J connectivity index is 2.54. The van der Waals surface area contributed by atoms with Crippen molar-refractivity contribution in [3.63, 3.8) is 0 Å². The first-order valence-corrected chi connectivity index (χ1v) is 2.94. The molecule has 2 radical (unpaired) electrons. The van der Waals surface area contributed by atoms with Gasteiger partial charge in [0.1, 0.15) is 5.75 Å². The molecule has 44 valence electrons. The molecule has 1 aliphatic rings. The minimum absolute atomic E-state index is 0.830. The van der Waals surface area contributed by atoms with E-state index in [-0.39, 0.29) is 0 Å². The third kappa shape index (κ3) is 0.689. The Labute approximate surface area is 54.3 Å². The average molecular weight is 118 g/mol. The summed E-state index contributed by atoms with van der Waals surface area (Å²) in [5.41, 5.74) is 1.23. The van der Waals surface area contributed by atoms with Crippen molar-refractivity contribution in [3.05, 3.63) is 36.4 Å². The van der Waals surface area contributed by atoms with Crippen molar-refractivity contribution in [3.8, 4) is 5.75 Å². The first kappa shape index (κ1) is 4.86. The molecule has 0 saturated carbocycles. The molecule has 0 spiro atoms. The maximum absolute atomic E-state index is 5.05. The lowest BCUT2D eigenvalue weighted by molar-refractivity contribution is 0.435. The quantitative estimate of drug-likeness (QED) is 0.503. The molecule has 2 rings (SSSR count). The Morgan fingerprint density at radius 3 is 3.11 bits per heavy atom. The van der Waals surface area contributed by atoms with Crippen molar-refractivity contribution >= 4 is 0 Å². The van der Waals surface area contributed by atoms with E-state index in [2.05, 4.69) is 12.7 Å². The van der Waals surface area contributed by atoms with Crippen LogP contribution in [0.2, 0.25) is 0 Å². The molecule has 1 heteroatoms. The van der Waals surface area contributed by atoms with Crippen LogP contribution in [0.4, 0.5) is 0 Å². The standard InChI is InChI=1S/C8H6O/c1-2-4-8-7(3-1)5-6-9-8/h1-4H,5H2. The van der Waals surface area contributed by atoms with E-state index in [0.29, 0.717) is 0 Å². The maximum atomic E-state index is 5.05. The van der Waals surface area contributed by atoms with Crippen LogP contribution in [0.15, 0.2) is 24.3 Å². The van der Waals surface area contributed by atoms with Crippen LogP contribution >= 0.6 is 0 Å².